The molecule has 142 valence electrons. The number of nitrogens with one attached hydrogen (secondary N) is 1. The molecule has 0 bridgehead atoms. The third-order valence-electron chi connectivity index (χ3n) is 3.71. The van der Waals surface area contributed by atoms with Gasteiger partial charge in [-0.15, -0.1) is 11.3 Å². The smallest absolute Gasteiger partial charge is 0.418 e. The van der Waals surface area contributed by atoms with Crippen molar-refractivity contribution in [1.29, 1.82) is 0 Å². The maximum absolute atomic E-state index is 13.2. The zero-order valence-corrected chi connectivity index (χ0v) is 15.7. The van der Waals surface area contributed by atoms with Crippen LogP contribution in [0.2, 0.25) is 5.02 Å². The monoisotopic (exact) mass is 415 g/mol. The van der Waals surface area contributed by atoms with Gasteiger partial charge in [-0.1, -0.05) is 11.6 Å². The summed E-state index contributed by atoms with van der Waals surface area (Å²) in [5.41, 5.74) is -0.846. The van der Waals surface area contributed by atoms with Gasteiger partial charge in [-0.25, -0.2) is 9.97 Å². The number of carbonyl (C=O) groups is 1. The average molecular weight is 416 g/mol. The van der Waals surface area contributed by atoms with Crippen LogP contribution in [0.3, 0.4) is 0 Å². The fourth-order valence-corrected chi connectivity index (χ4v) is 3.75. The molecule has 1 aromatic carbocycles. The van der Waals surface area contributed by atoms with Gasteiger partial charge < -0.3 is 10.1 Å². The van der Waals surface area contributed by atoms with Crippen molar-refractivity contribution >= 4 is 44.7 Å². The van der Waals surface area contributed by atoms with Crippen molar-refractivity contribution in [2.24, 2.45) is 0 Å². The standard InChI is InChI=1S/C17H13ClF3N3O2S/c1-3-26-15-12-8(2)13(27-16(12)23-7-22-15)14(25)24-11-5-4-9(18)6-10(11)17(19,20)21/h4-7H,3H2,1-2H3,(H,24,25). The quantitative estimate of drug-likeness (QED) is 0.626. The molecule has 2 heterocycles. The Morgan fingerprint density at radius 1 is 1.33 bits per heavy atom. The Labute approximate surface area is 161 Å². The number of amides is 1. The van der Waals surface area contributed by atoms with Gasteiger partial charge in [0.25, 0.3) is 5.91 Å². The van der Waals surface area contributed by atoms with Gasteiger partial charge in [-0.3, -0.25) is 4.79 Å². The molecule has 0 radical (unpaired) electrons. The summed E-state index contributed by atoms with van der Waals surface area (Å²) in [6.07, 6.45) is -3.35. The number of halogens is 4. The first-order chi connectivity index (χ1) is 12.7. The van der Waals surface area contributed by atoms with E-state index in [2.05, 4.69) is 15.3 Å². The molecule has 0 unspecified atom stereocenters. The van der Waals surface area contributed by atoms with Crippen molar-refractivity contribution in [1.82, 2.24) is 9.97 Å². The van der Waals surface area contributed by atoms with Crippen molar-refractivity contribution in [2.45, 2.75) is 20.0 Å². The van der Waals surface area contributed by atoms with Crippen molar-refractivity contribution in [3.05, 3.63) is 45.6 Å². The SMILES string of the molecule is CCOc1ncnc2sc(C(=O)Nc3ccc(Cl)cc3C(F)(F)F)c(C)c12. The van der Waals surface area contributed by atoms with E-state index in [9.17, 15) is 18.0 Å². The van der Waals surface area contributed by atoms with Gasteiger partial charge >= 0.3 is 6.18 Å². The Morgan fingerprint density at radius 3 is 2.74 bits per heavy atom. The number of nitrogens with zero attached hydrogens (tertiary/aromatic N) is 2. The molecular formula is C17H13ClF3N3O2S. The largest absolute Gasteiger partial charge is 0.477 e. The van der Waals surface area contributed by atoms with E-state index in [1.165, 1.54) is 12.4 Å². The summed E-state index contributed by atoms with van der Waals surface area (Å²) in [5.74, 6) is -0.344. The maximum Gasteiger partial charge on any atom is 0.418 e. The Morgan fingerprint density at radius 2 is 2.07 bits per heavy atom. The van der Waals surface area contributed by atoms with Crippen LogP contribution in [0.4, 0.5) is 18.9 Å². The first-order valence-corrected chi connectivity index (χ1v) is 8.96. The molecule has 0 fully saturated rings. The third-order valence-corrected chi connectivity index (χ3v) is 5.15. The topological polar surface area (TPSA) is 64.1 Å². The fourth-order valence-electron chi connectivity index (χ4n) is 2.54. The number of thiophene rings is 1. The number of hydrogen-bond donors (Lipinski definition) is 1. The van der Waals surface area contributed by atoms with Crippen LogP contribution in [-0.4, -0.2) is 22.5 Å². The van der Waals surface area contributed by atoms with E-state index >= 15 is 0 Å². The molecule has 0 saturated carbocycles. The molecule has 5 nitrogen and oxygen atoms in total. The number of aromatic nitrogens is 2. The van der Waals surface area contributed by atoms with E-state index in [4.69, 9.17) is 16.3 Å². The first kappa shape index (κ1) is 19.4. The second kappa shape index (κ2) is 7.32. The van der Waals surface area contributed by atoms with Crippen LogP contribution in [0, 0.1) is 6.92 Å². The Bertz CT molecular complexity index is 1020. The predicted octanol–water partition coefficient (Wildman–Crippen LogP) is 5.32. The number of ether oxygens (including phenoxy) is 1. The first-order valence-electron chi connectivity index (χ1n) is 7.77. The lowest BCUT2D eigenvalue weighted by Gasteiger charge is -2.14. The van der Waals surface area contributed by atoms with Gasteiger partial charge in [0.05, 0.1) is 28.1 Å². The lowest BCUT2D eigenvalue weighted by atomic mass is 10.1. The molecule has 0 atom stereocenters. The summed E-state index contributed by atoms with van der Waals surface area (Å²) < 4.78 is 45.1. The molecule has 0 aliphatic carbocycles. The number of anilines is 1. The molecule has 2 aromatic heterocycles. The molecule has 0 saturated heterocycles. The van der Waals surface area contributed by atoms with Crippen LogP contribution in [-0.2, 0) is 6.18 Å². The van der Waals surface area contributed by atoms with Crippen molar-refractivity contribution < 1.29 is 22.7 Å². The van der Waals surface area contributed by atoms with E-state index in [-0.39, 0.29) is 15.6 Å². The van der Waals surface area contributed by atoms with E-state index in [0.29, 0.717) is 28.3 Å². The molecule has 10 heteroatoms. The molecule has 1 N–H and O–H groups in total. The summed E-state index contributed by atoms with van der Waals surface area (Å²) in [4.78, 5) is 21.6. The molecule has 27 heavy (non-hydrogen) atoms. The van der Waals surface area contributed by atoms with Crippen LogP contribution in [0.1, 0.15) is 27.7 Å². The van der Waals surface area contributed by atoms with Gasteiger partial charge in [-0.2, -0.15) is 13.2 Å². The van der Waals surface area contributed by atoms with Gasteiger partial charge in [0, 0.05) is 5.02 Å². The second-order valence-corrected chi connectivity index (χ2v) is 6.93. The molecule has 3 rings (SSSR count). The fraction of sp³-hybridized carbons (Fsp3) is 0.235. The molecular weight excluding hydrogens is 403 g/mol. The number of alkyl halides is 3. The molecule has 0 aliphatic heterocycles. The van der Waals surface area contributed by atoms with Crippen LogP contribution < -0.4 is 10.1 Å². The predicted molar refractivity (Wildman–Crippen MR) is 97.7 cm³/mol. The highest BCUT2D eigenvalue weighted by molar-refractivity contribution is 7.20. The number of carbonyl (C=O) groups excluding carboxylic acids is 1. The summed E-state index contributed by atoms with van der Waals surface area (Å²) in [5, 5.41) is 2.81. The summed E-state index contributed by atoms with van der Waals surface area (Å²) >= 11 is 6.72. The molecule has 0 aliphatic rings. The lowest BCUT2D eigenvalue weighted by molar-refractivity contribution is -0.136. The lowest BCUT2D eigenvalue weighted by Crippen LogP contribution is -2.16. The minimum atomic E-state index is -4.66. The minimum Gasteiger partial charge on any atom is -0.477 e. The van der Waals surface area contributed by atoms with E-state index < -0.39 is 17.6 Å². The zero-order valence-electron chi connectivity index (χ0n) is 14.1. The number of aryl methyl sites for hydroxylation is 1. The van der Waals surface area contributed by atoms with Crippen LogP contribution in [0.25, 0.3) is 10.2 Å². The normalized spacial score (nSPS) is 11.6. The third kappa shape index (κ3) is 3.84. The number of fused-ring (bicyclic) bond motifs is 1. The van der Waals surface area contributed by atoms with E-state index in [1.54, 1.807) is 13.8 Å². The molecule has 0 spiro atoms. The van der Waals surface area contributed by atoms with Gasteiger partial charge in [0.15, 0.2) is 0 Å². The Kier molecular flexibility index (Phi) is 5.25. The Hall–Kier alpha value is -2.39. The van der Waals surface area contributed by atoms with E-state index in [1.807, 2.05) is 0 Å². The van der Waals surface area contributed by atoms with Crippen LogP contribution in [0.15, 0.2) is 24.5 Å². The molecule has 1 amide bonds. The summed E-state index contributed by atoms with van der Waals surface area (Å²) in [7, 11) is 0. The van der Waals surface area contributed by atoms with Gasteiger partial charge in [0.2, 0.25) is 5.88 Å². The van der Waals surface area contributed by atoms with Crippen molar-refractivity contribution in [3.63, 3.8) is 0 Å². The molecule has 3 aromatic rings. The highest BCUT2D eigenvalue weighted by atomic mass is 35.5. The van der Waals surface area contributed by atoms with Gasteiger partial charge in [-0.05, 0) is 37.6 Å². The van der Waals surface area contributed by atoms with Crippen LogP contribution in [0.5, 0.6) is 5.88 Å². The highest BCUT2D eigenvalue weighted by Crippen LogP contribution is 2.38. The summed E-state index contributed by atoms with van der Waals surface area (Å²) in [6.45, 7) is 3.84. The highest BCUT2D eigenvalue weighted by Gasteiger charge is 2.34. The number of hydrogen-bond acceptors (Lipinski definition) is 5. The maximum atomic E-state index is 13.2. The minimum absolute atomic E-state index is 0.0741. The van der Waals surface area contributed by atoms with Crippen molar-refractivity contribution in [2.75, 3.05) is 11.9 Å². The van der Waals surface area contributed by atoms with Crippen molar-refractivity contribution in [3.8, 4) is 5.88 Å². The number of rotatable bonds is 4. The van der Waals surface area contributed by atoms with E-state index in [0.717, 1.165) is 23.5 Å². The second-order valence-electron chi connectivity index (χ2n) is 5.49. The zero-order chi connectivity index (χ0) is 19.8. The Balaban J connectivity index is 2.01. The van der Waals surface area contributed by atoms with Gasteiger partial charge in [0.1, 0.15) is 11.2 Å². The summed E-state index contributed by atoms with van der Waals surface area (Å²) in [6, 6.07) is 3.17. The number of benzene rings is 1. The average Bonchev–Trinajstić information content (AvgIpc) is 2.94. The van der Waals surface area contributed by atoms with Crippen LogP contribution >= 0.6 is 22.9 Å².